The Balaban J connectivity index is 1.38. The zero-order chi connectivity index (χ0) is 20.3. The molecule has 1 aromatic heterocycles. The topological polar surface area (TPSA) is 105 Å². The van der Waals surface area contributed by atoms with Crippen LogP contribution in [0.5, 0.6) is 5.75 Å². The average molecular weight is 392 g/mol. The van der Waals surface area contributed by atoms with Crippen LogP contribution in [0.25, 0.3) is 0 Å². The molecule has 0 atom stereocenters. The van der Waals surface area contributed by atoms with E-state index in [4.69, 9.17) is 9.15 Å². The predicted octanol–water partition coefficient (Wildman–Crippen LogP) is 3.13. The molecule has 0 aliphatic rings. The SMILES string of the molecule is O=C(COc1ccc(C=NNC(=O)Nc2ccccc2)cc1)NCc1ccco1. The Morgan fingerprint density at radius 3 is 2.52 bits per heavy atom. The highest BCUT2D eigenvalue weighted by molar-refractivity contribution is 5.90. The number of hydrogen-bond acceptors (Lipinski definition) is 5. The molecule has 0 radical (unpaired) electrons. The lowest BCUT2D eigenvalue weighted by atomic mass is 10.2. The van der Waals surface area contributed by atoms with E-state index < -0.39 is 6.03 Å². The van der Waals surface area contributed by atoms with Crippen molar-refractivity contribution < 1.29 is 18.7 Å². The van der Waals surface area contributed by atoms with Crippen LogP contribution in [0.1, 0.15) is 11.3 Å². The summed E-state index contributed by atoms with van der Waals surface area (Å²) in [5.41, 5.74) is 3.83. The number of carbonyl (C=O) groups excluding carboxylic acids is 2. The van der Waals surface area contributed by atoms with E-state index in [0.29, 0.717) is 23.7 Å². The van der Waals surface area contributed by atoms with Crippen LogP contribution in [-0.4, -0.2) is 24.8 Å². The first kappa shape index (κ1) is 19.7. The molecule has 1 heterocycles. The number of para-hydroxylation sites is 1. The maximum atomic E-state index is 11.8. The summed E-state index contributed by atoms with van der Waals surface area (Å²) in [5, 5.41) is 9.24. The third-order valence-corrected chi connectivity index (χ3v) is 3.70. The van der Waals surface area contributed by atoms with E-state index in [1.54, 1.807) is 54.8 Å². The number of hydrazone groups is 1. The lowest BCUT2D eigenvalue weighted by Gasteiger charge is -2.07. The largest absolute Gasteiger partial charge is 0.484 e. The first-order valence-electron chi connectivity index (χ1n) is 8.86. The molecular formula is C21H20N4O4. The molecule has 0 fully saturated rings. The summed E-state index contributed by atoms with van der Waals surface area (Å²) in [6.07, 6.45) is 3.05. The minimum atomic E-state index is -0.437. The third-order valence-electron chi connectivity index (χ3n) is 3.70. The van der Waals surface area contributed by atoms with E-state index in [1.807, 2.05) is 18.2 Å². The van der Waals surface area contributed by atoms with Crippen LogP contribution < -0.4 is 20.8 Å². The summed E-state index contributed by atoms with van der Waals surface area (Å²) < 4.78 is 10.6. The van der Waals surface area contributed by atoms with E-state index in [-0.39, 0.29) is 12.5 Å². The maximum absolute atomic E-state index is 11.8. The van der Waals surface area contributed by atoms with Crippen molar-refractivity contribution in [3.05, 3.63) is 84.3 Å². The first-order valence-corrected chi connectivity index (χ1v) is 8.86. The van der Waals surface area contributed by atoms with Gasteiger partial charge in [-0.25, -0.2) is 10.2 Å². The van der Waals surface area contributed by atoms with E-state index >= 15 is 0 Å². The molecule has 8 nitrogen and oxygen atoms in total. The molecule has 0 spiro atoms. The van der Waals surface area contributed by atoms with Crippen LogP contribution in [0.4, 0.5) is 10.5 Å². The van der Waals surface area contributed by atoms with Crippen molar-refractivity contribution in [3.8, 4) is 5.75 Å². The quantitative estimate of drug-likeness (QED) is 0.405. The maximum Gasteiger partial charge on any atom is 0.339 e. The van der Waals surface area contributed by atoms with Gasteiger partial charge in [0.15, 0.2) is 6.61 Å². The second kappa shape index (κ2) is 10.3. The van der Waals surface area contributed by atoms with Crippen molar-refractivity contribution in [1.29, 1.82) is 0 Å². The van der Waals surface area contributed by atoms with Gasteiger partial charge in [0.25, 0.3) is 5.91 Å². The second-order valence-electron chi connectivity index (χ2n) is 5.90. The highest BCUT2D eigenvalue weighted by atomic mass is 16.5. The summed E-state index contributed by atoms with van der Waals surface area (Å²) in [7, 11) is 0. The van der Waals surface area contributed by atoms with Gasteiger partial charge in [-0.2, -0.15) is 5.10 Å². The fourth-order valence-electron chi connectivity index (χ4n) is 2.29. The molecule has 0 aliphatic heterocycles. The molecule has 3 aromatic rings. The van der Waals surface area contributed by atoms with Gasteiger partial charge in [-0.1, -0.05) is 18.2 Å². The Kier molecular flexibility index (Phi) is 7.00. The molecule has 0 bridgehead atoms. The minimum Gasteiger partial charge on any atom is -0.484 e. The fourth-order valence-corrected chi connectivity index (χ4v) is 2.29. The Morgan fingerprint density at radius 1 is 1.00 bits per heavy atom. The number of rotatable bonds is 8. The minimum absolute atomic E-state index is 0.102. The molecule has 0 unspecified atom stereocenters. The van der Waals surface area contributed by atoms with Crippen LogP contribution in [0.3, 0.4) is 0 Å². The number of urea groups is 1. The number of amides is 3. The van der Waals surface area contributed by atoms with Gasteiger partial charge in [0.1, 0.15) is 11.5 Å². The van der Waals surface area contributed by atoms with Crippen molar-refractivity contribution in [2.75, 3.05) is 11.9 Å². The Morgan fingerprint density at radius 2 is 1.79 bits per heavy atom. The van der Waals surface area contributed by atoms with Crippen molar-refractivity contribution in [2.24, 2.45) is 5.10 Å². The predicted molar refractivity (Wildman–Crippen MR) is 109 cm³/mol. The lowest BCUT2D eigenvalue weighted by molar-refractivity contribution is -0.123. The molecule has 3 amide bonds. The van der Waals surface area contributed by atoms with Crippen LogP contribution in [0, 0.1) is 0 Å². The van der Waals surface area contributed by atoms with Crippen molar-refractivity contribution in [2.45, 2.75) is 6.54 Å². The van der Waals surface area contributed by atoms with Crippen LogP contribution in [0.15, 0.2) is 82.5 Å². The molecule has 3 rings (SSSR count). The van der Waals surface area contributed by atoms with Gasteiger partial charge in [0.2, 0.25) is 0 Å². The first-order chi connectivity index (χ1) is 14.2. The number of hydrogen-bond donors (Lipinski definition) is 3. The smallest absolute Gasteiger partial charge is 0.339 e. The summed E-state index contributed by atoms with van der Waals surface area (Å²) in [6, 6.07) is 19.1. The monoisotopic (exact) mass is 392 g/mol. The van der Waals surface area contributed by atoms with Crippen molar-refractivity contribution >= 4 is 23.8 Å². The van der Waals surface area contributed by atoms with E-state index in [1.165, 1.54) is 6.21 Å². The Hall–Kier alpha value is -4.07. The molecular weight excluding hydrogens is 372 g/mol. The zero-order valence-corrected chi connectivity index (χ0v) is 15.5. The van der Waals surface area contributed by atoms with Gasteiger partial charge in [-0.15, -0.1) is 0 Å². The fraction of sp³-hybridized carbons (Fsp3) is 0.0952. The molecule has 2 aromatic carbocycles. The van der Waals surface area contributed by atoms with Gasteiger partial charge in [0, 0.05) is 5.69 Å². The average Bonchev–Trinajstić information content (AvgIpc) is 3.26. The molecule has 29 heavy (non-hydrogen) atoms. The molecule has 8 heteroatoms. The Labute approximate surface area is 167 Å². The number of nitrogens with zero attached hydrogens (tertiary/aromatic N) is 1. The highest BCUT2D eigenvalue weighted by Gasteiger charge is 2.04. The van der Waals surface area contributed by atoms with Gasteiger partial charge >= 0.3 is 6.03 Å². The van der Waals surface area contributed by atoms with Gasteiger partial charge in [0.05, 0.1) is 19.0 Å². The standard InChI is InChI=1S/C21H20N4O4/c26-20(22-14-19-7-4-12-28-19)15-29-18-10-8-16(9-11-18)13-23-25-21(27)24-17-5-2-1-3-6-17/h1-13H,14-15H2,(H,22,26)(H2,24,25,27). The summed E-state index contributed by atoms with van der Waals surface area (Å²) >= 11 is 0. The molecule has 148 valence electrons. The highest BCUT2D eigenvalue weighted by Crippen LogP contribution is 2.11. The number of ether oxygens (including phenoxy) is 1. The second-order valence-corrected chi connectivity index (χ2v) is 5.90. The summed E-state index contributed by atoms with van der Waals surface area (Å²) in [4.78, 5) is 23.5. The van der Waals surface area contributed by atoms with Gasteiger partial charge < -0.3 is 19.8 Å². The van der Waals surface area contributed by atoms with Crippen LogP contribution >= 0.6 is 0 Å². The van der Waals surface area contributed by atoms with E-state index in [0.717, 1.165) is 5.56 Å². The van der Waals surface area contributed by atoms with Crippen molar-refractivity contribution in [1.82, 2.24) is 10.7 Å². The van der Waals surface area contributed by atoms with E-state index in [9.17, 15) is 9.59 Å². The normalized spacial score (nSPS) is 10.5. The van der Waals surface area contributed by atoms with Crippen LogP contribution in [0.2, 0.25) is 0 Å². The Bertz CT molecular complexity index is 939. The third kappa shape index (κ3) is 6.87. The number of nitrogens with one attached hydrogen (secondary N) is 3. The molecule has 0 saturated carbocycles. The molecule has 0 aliphatic carbocycles. The van der Waals surface area contributed by atoms with Gasteiger partial charge in [-0.3, -0.25) is 4.79 Å². The zero-order valence-electron chi connectivity index (χ0n) is 15.5. The van der Waals surface area contributed by atoms with E-state index in [2.05, 4.69) is 21.2 Å². The summed E-state index contributed by atoms with van der Waals surface area (Å²) in [5.74, 6) is 0.971. The number of benzene rings is 2. The number of anilines is 1. The van der Waals surface area contributed by atoms with Gasteiger partial charge in [-0.05, 0) is 54.1 Å². The molecule has 0 saturated heterocycles. The number of carbonyl (C=O) groups is 2. The lowest BCUT2D eigenvalue weighted by Crippen LogP contribution is -2.28. The summed E-state index contributed by atoms with van der Waals surface area (Å²) in [6.45, 7) is 0.213. The van der Waals surface area contributed by atoms with Crippen molar-refractivity contribution in [3.63, 3.8) is 0 Å². The molecule has 3 N–H and O–H groups in total. The van der Waals surface area contributed by atoms with Crippen LogP contribution in [-0.2, 0) is 11.3 Å². The number of furan rings is 1.